The van der Waals surface area contributed by atoms with Crippen molar-refractivity contribution in [3.8, 4) is 0 Å². The Balaban J connectivity index is 2.61. The molecule has 0 spiro atoms. The van der Waals surface area contributed by atoms with E-state index in [1.165, 1.54) is 0 Å². The van der Waals surface area contributed by atoms with Crippen LogP contribution in [0.4, 0.5) is 10.5 Å². The highest BCUT2D eigenvalue weighted by Crippen LogP contribution is 2.14. The Morgan fingerprint density at radius 3 is 2.48 bits per heavy atom. The summed E-state index contributed by atoms with van der Waals surface area (Å²) in [5.41, 5.74) is 6.60. The van der Waals surface area contributed by atoms with Crippen LogP contribution in [0.2, 0.25) is 0 Å². The first-order valence-electron chi connectivity index (χ1n) is 6.75. The van der Waals surface area contributed by atoms with Gasteiger partial charge in [0.15, 0.2) is 0 Å². The number of aliphatic carboxylic acids is 1. The average molecular weight is 294 g/mol. The number of carbonyl (C=O) groups excluding carboxylic acids is 1. The van der Waals surface area contributed by atoms with Crippen LogP contribution >= 0.6 is 0 Å². The lowest BCUT2D eigenvalue weighted by Gasteiger charge is -2.22. The topological polar surface area (TPSA) is 102 Å². The van der Waals surface area contributed by atoms with Crippen molar-refractivity contribution >= 4 is 17.7 Å². The van der Waals surface area contributed by atoms with Gasteiger partial charge >= 0.3 is 12.1 Å². The number of nitrogen functional groups attached to an aromatic ring is 1. The highest BCUT2D eigenvalue weighted by atomic mass is 16.6. The van der Waals surface area contributed by atoms with E-state index >= 15 is 0 Å². The molecule has 1 rings (SSSR count). The number of carbonyl (C=O) groups is 2. The maximum Gasteiger partial charge on any atom is 0.408 e. The van der Waals surface area contributed by atoms with Gasteiger partial charge in [0.1, 0.15) is 11.6 Å². The van der Waals surface area contributed by atoms with E-state index in [0.29, 0.717) is 12.1 Å². The van der Waals surface area contributed by atoms with E-state index in [1.54, 1.807) is 26.8 Å². The lowest BCUT2D eigenvalue weighted by atomic mass is 10.0. The highest BCUT2D eigenvalue weighted by molar-refractivity contribution is 5.80. The van der Waals surface area contributed by atoms with E-state index < -0.39 is 23.7 Å². The van der Waals surface area contributed by atoms with Crippen LogP contribution < -0.4 is 11.1 Å². The highest BCUT2D eigenvalue weighted by Gasteiger charge is 2.23. The molecular formula is C15H22N2O4. The number of nitrogens with two attached hydrogens (primary N) is 1. The lowest BCUT2D eigenvalue weighted by Crippen LogP contribution is -2.43. The number of aryl methyl sites for hydroxylation is 1. The third-order valence-electron chi connectivity index (χ3n) is 2.75. The van der Waals surface area contributed by atoms with Crippen LogP contribution in [-0.2, 0) is 16.0 Å². The van der Waals surface area contributed by atoms with Gasteiger partial charge in [0.25, 0.3) is 0 Å². The maximum absolute atomic E-state index is 11.6. The van der Waals surface area contributed by atoms with Crippen LogP contribution in [0.15, 0.2) is 24.3 Å². The van der Waals surface area contributed by atoms with Gasteiger partial charge in [-0.2, -0.15) is 0 Å². The van der Waals surface area contributed by atoms with Gasteiger partial charge in [0, 0.05) is 5.69 Å². The number of rotatable bonds is 5. The van der Waals surface area contributed by atoms with Crippen LogP contribution in [0.3, 0.4) is 0 Å². The molecule has 0 bridgehead atoms. The van der Waals surface area contributed by atoms with Gasteiger partial charge in [-0.05, 0) is 45.2 Å². The van der Waals surface area contributed by atoms with E-state index in [-0.39, 0.29) is 6.42 Å². The molecule has 1 atom stereocenters. The van der Waals surface area contributed by atoms with E-state index in [2.05, 4.69) is 5.32 Å². The minimum Gasteiger partial charge on any atom is -0.480 e. The Bertz CT molecular complexity index is 509. The zero-order valence-electron chi connectivity index (χ0n) is 12.6. The Morgan fingerprint density at radius 1 is 1.33 bits per heavy atom. The van der Waals surface area contributed by atoms with E-state index in [9.17, 15) is 9.59 Å². The first-order chi connectivity index (χ1) is 9.69. The zero-order valence-corrected chi connectivity index (χ0v) is 12.6. The molecule has 1 amide bonds. The van der Waals surface area contributed by atoms with Gasteiger partial charge in [0.2, 0.25) is 0 Å². The molecule has 0 unspecified atom stereocenters. The fourth-order valence-corrected chi connectivity index (χ4v) is 1.77. The third-order valence-corrected chi connectivity index (χ3v) is 2.75. The second-order valence-corrected chi connectivity index (χ2v) is 5.77. The van der Waals surface area contributed by atoms with Gasteiger partial charge in [-0.25, -0.2) is 9.59 Å². The summed E-state index contributed by atoms with van der Waals surface area (Å²) in [5.74, 6) is -1.10. The molecule has 1 aromatic rings. The maximum atomic E-state index is 11.6. The number of hydrogen-bond donors (Lipinski definition) is 3. The minimum absolute atomic E-state index is 0.239. The van der Waals surface area contributed by atoms with Gasteiger partial charge in [-0.3, -0.25) is 0 Å². The molecule has 0 aliphatic heterocycles. The minimum atomic E-state index is -1.10. The van der Waals surface area contributed by atoms with Crippen LogP contribution in [0.5, 0.6) is 0 Å². The monoisotopic (exact) mass is 294 g/mol. The van der Waals surface area contributed by atoms with Crippen molar-refractivity contribution in [2.45, 2.75) is 45.3 Å². The van der Waals surface area contributed by atoms with Crippen molar-refractivity contribution in [2.75, 3.05) is 5.73 Å². The molecule has 0 saturated heterocycles. The SMILES string of the molecule is CC(C)(C)OC(=O)N[C@H](CCc1ccccc1N)C(=O)O. The summed E-state index contributed by atoms with van der Waals surface area (Å²) >= 11 is 0. The second-order valence-electron chi connectivity index (χ2n) is 5.77. The lowest BCUT2D eigenvalue weighted by molar-refractivity contribution is -0.139. The summed E-state index contributed by atoms with van der Waals surface area (Å²) in [7, 11) is 0. The third kappa shape index (κ3) is 6.16. The molecule has 0 aromatic heterocycles. The first-order valence-corrected chi connectivity index (χ1v) is 6.75. The number of alkyl carbamates (subject to hydrolysis) is 1. The number of amides is 1. The van der Waals surface area contributed by atoms with Crippen LogP contribution in [-0.4, -0.2) is 28.8 Å². The Hall–Kier alpha value is -2.24. The summed E-state index contributed by atoms with van der Waals surface area (Å²) in [6, 6.07) is 6.23. The first kappa shape index (κ1) is 16.8. The Kier molecular flexibility index (Phi) is 5.58. The standard InChI is InChI=1S/C15H22N2O4/c1-15(2,3)21-14(20)17-12(13(18)19)9-8-10-6-4-5-7-11(10)16/h4-7,12H,8-9,16H2,1-3H3,(H,17,20)(H,18,19)/t12-/m1/s1. The molecule has 0 aliphatic carbocycles. The van der Waals surface area contributed by atoms with Crippen molar-refractivity contribution in [3.05, 3.63) is 29.8 Å². The number of carboxylic acid groups (broad SMARTS) is 1. The van der Waals surface area contributed by atoms with E-state index in [0.717, 1.165) is 5.56 Å². The summed E-state index contributed by atoms with van der Waals surface area (Å²) < 4.78 is 5.06. The fraction of sp³-hybridized carbons (Fsp3) is 0.467. The smallest absolute Gasteiger partial charge is 0.408 e. The van der Waals surface area contributed by atoms with Gasteiger partial charge in [0.05, 0.1) is 0 Å². The number of hydrogen-bond acceptors (Lipinski definition) is 4. The molecule has 6 heteroatoms. The summed E-state index contributed by atoms with van der Waals surface area (Å²) in [6.45, 7) is 5.15. The Labute approximate surface area is 124 Å². The summed E-state index contributed by atoms with van der Waals surface area (Å²) in [6.07, 6.45) is -0.0432. The number of anilines is 1. The van der Waals surface area contributed by atoms with Gasteiger partial charge < -0.3 is 20.9 Å². The number of benzene rings is 1. The van der Waals surface area contributed by atoms with Crippen LogP contribution in [0.25, 0.3) is 0 Å². The molecular weight excluding hydrogens is 272 g/mol. The largest absolute Gasteiger partial charge is 0.480 e. The summed E-state index contributed by atoms with van der Waals surface area (Å²) in [4.78, 5) is 22.8. The van der Waals surface area contributed by atoms with Crippen molar-refractivity contribution in [2.24, 2.45) is 0 Å². The normalized spacial score (nSPS) is 12.5. The predicted molar refractivity (Wildman–Crippen MR) is 80.0 cm³/mol. The van der Waals surface area contributed by atoms with Crippen molar-refractivity contribution < 1.29 is 19.4 Å². The zero-order chi connectivity index (χ0) is 16.0. The number of carboxylic acids is 1. The molecule has 0 radical (unpaired) electrons. The van der Waals surface area contributed by atoms with Crippen LogP contribution in [0.1, 0.15) is 32.8 Å². The van der Waals surface area contributed by atoms with Crippen molar-refractivity contribution in [3.63, 3.8) is 0 Å². The van der Waals surface area contributed by atoms with E-state index in [1.807, 2.05) is 18.2 Å². The molecule has 0 aliphatic rings. The molecule has 1 aromatic carbocycles. The molecule has 116 valence electrons. The fourth-order valence-electron chi connectivity index (χ4n) is 1.77. The molecule has 21 heavy (non-hydrogen) atoms. The number of ether oxygens (including phenoxy) is 1. The quantitative estimate of drug-likeness (QED) is 0.722. The van der Waals surface area contributed by atoms with Crippen molar-refractivity contribution in [1.29, 1.82) is 0 Å². The van der Waals surface area contributed by atoms with E-state index in [4.69, 9.17) is 15.6 Å². The number of para-hydroxylation sites is 1. The predicted octanol–water partition coefficient (Wildman–Crippen LogP) is 2.18. The summed E-state index contributed by atoms with van der Waals surface area (Å²) in [5, 5.41) is 11.5. The molecule has 0 fully saturated rings. The number of nitrogens with one attached hydrogen (secondary N) is 1. The molecule has 0 heterocycles. The Morgan fingerprint density at radius 2 is 1.95 bits per heavy atom. The van der Waals surface area contributed by atoms with Gasteiger partial charge in [-0.1, -0.05) is 18.2 Å². The molecule has 6 nitrogen and oxygen atoms in total. The van der Waals surface area contributed by atoms with Crippen molar-refractivity contribution in [1.82, 2.24) is 5.32 Å². The molecule has 0 saturated carbocycles. The molecule has 4 N–H and O–H groups in total. The second kappa shape index (κ2) is 6.97. The average Bonchev–Trinajstić information content (AvgIpc) is 2.33. The van der Waals surface area contributed by atoms with Gasteiger partial charge in [-0.15, -0.1) is 0 Å². The van der Waals surface area contributed by atoms with Crippen LogP contribution in [0, 0.1) is 0 Å².